The molecule has 1 aromatic heterocycles. The van der Waals surface area contributed by atoms with Gasteiger partial charge in [-0.25, -0.2) is 8.42 Å². The number of aromatic nitrogens is 2. The second-order valence-electron chi connectivity index (χ2n) is 5.26. The molecule has 1 aliphatic heterocycles. The number of aromatic amines is 1. The zero-order valence-corrected chi connectivity index (χ0v) is 11.6. The van der Waals surface area contributed by atoms with Gasteiger partial charge >= 0.3 is 0 Å². The third-order valence-electron chi connectivity index (χ3n) is 3.43. The largest absolute Gasteiger partial charge is 0.281 e. The molecule has 1 N–H and O–H groups in total. The minimum Gasteiger partial charge on any atom is -0.281 e. The highest BCUT2D eigenvalue weighted by atomic mass is 32.2. The Morgan fingerprint density at radius 1 is 1.35 bits per heavy atom. The number of H-pyrrole nitrogens is 1. The Morgan fingerprint density at radius 2 is 2.00 bits per heavy atom. The summed E-state index contributed by atoms with van der Waals surface area (Å²) in [6.45, 7) is 8.01. The number of nitrogens with zero attached hydrogens (tertiary/aromatic N) is 2. The lowest BCUT2D eigenvalue weighted by molar-refractivity contribution is 0.291. The van der Waals surface area contributed by atoms with E-state index in [9.17, 15) is 8.42 Å². The molecule has 0 aromatic carbocycles. The molecule has 1 aliphatic rings. The van der Waals surface area contributed by atoms with Crippen molar-refractivity contribution in [1.29, 1.82) is 0 Å². The lowest BCUT2D eigenvalue weighted by Gasteiger charge is -2.30. The first kappa shape index (κ1) is 12.6. The van der Waals surface area contributed by atoms with Crippen LogP contribution >= 0.6 is 0 Å². The fourth-order valence-electron chi connectivity index (χ4n) is 2.56. The van der Waals surface area contributed by atoms with Crippen molar-refractivity contribution in [3.63, 3.8) is 0 Å². The standard InChI is InChI=1S/C11H19N3O2S/c1-8-10(9(2)13-12-8)17(15,16)14-7-5-6-11(14,3)4/h5-7H2,1-4H3,(H,12,13). The van der Waals surface area contributed by atoms with Gasteiger partial charge in [-0.05, 0) is 40.5 Å². The fourth-order valence-corrected chi connectivity index (χ4v) is 4.74. The number of rotatable bonds is 2. The summed E-state index contributed by atoms with van der Waals surface area (Å²) in [5.74, 6) is 0. The van der Waals surface area contributed by atoms with Crippen LogP contribution in [0.4, 0.5) is 0 Å². The van der Waals surface area contributed by atoms with Crippen molar-refractivity contribution >= 4 is 10.0 Å². The quantitative estimate of drug-likeness (QED) is 0.875. The van der Waals surface area contributed by atoms with E-state index < -0.39 is 10.0 Å². The van der Waals surface area contributed by atoms with Gasteiger partial charge in [0, 0.05) is 12.1 Å². The Labute approximate surface area is 102 Å². The normalized spacial score (nSPS) is 20.9. The first-order valence-electron chi connectivity index (χ1n) is 5.81. The maximum Gasteiger partial charge on any atom is 0.247 e. The van der Waals surface area contributed by atoms with Crippen molar-refractivity contribution in [2.75, 3.05) is 6.54 Å². The molecule has 0 bridgehead atoms. The molecule has 0 aliphatic carbocycles. The van der Waals surface area contributed by atoms with Gasteiger partial charge in [-0.15, -0.1) is 0 Å². The molecule has 6 heteroatoms. The maximum atomic E-state index is 12.6. The van der Waals surface area contributed by atoms with Gasteiger partial charge in [0.05, 0.1) is 11.4 Å². The number of hydrogen-bond acceptors (Lipinski definition) is 3. The highest BCUT2D eigenvalue weighted by Crippen LogP contribution is 2.35. The van der Waals surface area contributed by atoms with Gasteiger partial charge in [0.15, 0.2) is 0 Å². The van der Waals surface area contributed by atoms with Gasteiger partial charge in [-0.3, -0.25) is 5.10 Å². The second kappa shape index (κ2) is 3.81. The van der Waals surface area contributed by atoms with Gasteiger partial charge < -0.3 is 0 Å². The van der Waals surface area contributed by atoms with Crippen molar-refractivity contribution in [1.82, 2.24) is 14.5 Å². The van der Waals surface area contributed by atoms with E-state index in [0.29, 0.717) is 22.8 Å². The molecule has 1 fully saturated rings. The topological polar surface area (TPSA) is 66.1 Å². The average Bonchev–Trinajstić information content (AvgIpc) is 2.70. The van der Waals surface area contributed by atoms with Crippen LogP contribution in [0.15, 0.2) is 4.90 Å². The molecule has 5 nitrogen and oxygen atoms in total. The summed E-state index contributed by atoms with van der Waals surface area (Å²) in [5.41, 5.74) is 0.866. The number of aryl methyl sites for hydroxylation is 2. The molecule has 17 heavy (non-hydrogen) atoms. The zero-order valence-electron chi connectivity index (χ0n) is 10.7. The van der Waals surface area contributed by atoms with Crippen molar-refractivity contribution in [3.05, 3.63) is 11.4 Å². The molecule has 2 rings (SSSR count). The minimum absolute atomic E-state index is 0.297. The summed E-state index contributed by atoms with van der Waals surface area (Å²) in [5, 5.41) is 6.71. The van der Waals surface area contributed by atoms with E-state index in [2.05, 4.69) is 10.2 Å². The Kier molecular flexibility index (Phi) is 2.82. The highest BCUT2D eigenvalue weighted by molar-refractivity contribution is 7.89. The van der Waals surface area contributed by atoms with E-state index in [1.54, 1.807) is 18.2 Å². The van der Waals surface area contributed by atoms with Crippen molar-refractivity contribution < 1.29 is 8.42 Å². The van der Waals surface area contributed by atoms with Gasteiger partial charge in [0.2, 0.25) is 10.0 Å². The van der Waals surface area contributed by atoms with Crippen LogP contribution in [0, 0.1) is 13.8 Å². The number of sulfonamides is 1. The SMILES string of the molecule is Cc1n[nH]c(C)c1S(=O)(=O)N1CCCC1(C)C. The molecule has 96 valence electrons. The van der Waals surface area contributed by atoms with Crippen LogP contribution in [-0.2, 0) is 10.0 Å². The summed E-state index contributed by atoms with van der Waals surface area (Å²) >= 11 is 0. The predicted octanol–water partition coefficient (Wildman–Crippen LogP) is 1.59. The van der Waals surface area contributed by atoms with Crippen molar-refractivity contribution in [2.45, 2.75) is 51.0 Å². The minimum atomic E-state index is -3.42. The first-order chi connectivity index (χ1) is 7.77. The summed E-state index contributed by atoms with van der Waals surface area (Å²) in [6.07, 6.45) is 1.82. The van der Waals surface area contributed by atoms with Crippen LogP contribution in [0.2, 0.25) is 0 Å². The molecule has 1 aromatic rings. The smallest absolute Gasteiger partial charge is 0.247 e. The van der Waals surface area contributed by atoms with Gasteiger partial charge in [0.1, 0.15) is 4.90 Å². The average molecular weight is 257 g/mol. The fraction of sp³-hybridized carbons (Fsp3) is 0.727. The Morgan fingerprint density at radius 3 is 2.41 bits per heavy atom. The Bertz CT molecular complexity index is 511. The summed E-state index contributed by atoms with van der Waals surface area (Å²) in [7, 11) is -3.42. The first-order valence-corrected chi connectivity index (χ1v) is 7.25. The summed E-state index contributed by atoms with van der Waals surface area (Å²) in [6, 6.07) is 0. The Hall–Kier alpha value is -0.880. The molecule has 1 saturated heterocycles. The monoisotopic (exact) mass is 257 g/mol. The van der Waals surface area contributed by atoms with E-state index >= 15 is 0 Å². The lowest BCUT2D eigenvalue weighted by atomic mass is 10.0. The van der Waals surface area contributed by atoms with E-state index in [-0.39, 0.29) is 5.54 Å². The van der Waals surface area contributed by atoms with Crippen LogP contribution in [0.25, 0.3) is 0 Å². The molecule has 0 radical (unpaired) electrons. The molecule has 0 unspecified atom stereocenters. The van der Waals surface area contributed by atoms with Crippen LogP contribution in [-0.4, -0.2) is 35.0 Å². The third kappa shape index (κ3) is 1.89. The van der Waals surface area contributed by atoms with E-state index in [1.807, 2.05) is 13.8 Å². The Balaban J connectivity index is 2.51. The maximum absolute atomic E-state index is 12.6. The van der Waals surface area contributed by atoms with Gasteiger partial charge in [-0.2, -0.15) is 9.40 Å². The van der Waals surface area contributed by atoms with Crippen LogP contribution in [0.1, 0.15) is 38.1 Å². The van der Waals surface area contributed by atoms with E-state index in [4.69, 9.17) is 0 Å². The van der Waals surface area contributed by atoms with Gasteiger partial charge in [-0.1, -0.05) is 0 Å². The number of nitrogens with one attached hydrogen (secondary N) is 1. The molecule has 0 amide bonds. The van der Waals surface area contributed by atoms with Crippen LogP contribution in [0.5, 0.6) is 0 Å². The molecular formula is C11H19N3O2S. The molecule has 0 saturated carbocycles. The highest BCUT2D eigenvalue weighted by Gasteiger charge is 2.42. The summed E-state index contributed by atoms with van der Waals surface area (Å²) in [4.78, 5) is 0.340. The second-order valence-corrected chi connectivity index (χ2v) is 7.06. The zero-order chi connectivity index (χ0) is 12.8. The van der Waals surface area contributed by atoms with Crippen molar-refractivity contribution in [3.8, 4) is 0 Å². The lowest BCUT2D eigenvalue weighted by Crippen LogP contribution is -2.42. The van der Waals surface area contributed by atoms with Crippen molar-refractivity contribution in [2.24, 2.45) is 0 Å². The van der Waals surface area contributed by atoms with E-state index in [0.717, 1.165) is 12.8 Å². The van der Waals surface area contributed by atoms with Crippen LogP contribution in [0.3, 0.4) is 0 Å². The molecule has 0 spiro atoms. The number of hydrogen-bond donors (Lipinski definition) is 1. The third-order valence-corrected chi connectivity index (χ3v) is 5.81. The van der Waals surface area contributed by atoms with Crippen LogP contribution < -0.4 is 0 Å². The summed E-state index contributed by atoms with van der Waals surface area (Å²) < 4.78 is 26.8. The molecular weight excluding hydrogens is 238 g/mol. The van der Waals surface area contributed by atoms with Gasteiger partial charge in [0.25, 0.3) is 0 Å². The molecule has 2 heterocycles. The molecule has 0 atom stereocenters. The predicted molar refractivity (Wildman–Crippen MR) is 65.3 cm³/mol. The van der Waals surface area contributed by atoms with E-state index in [1.165, 1.54) is 0 Å².